The SMILES string of the molecule is CCCCC/C=C\C/C=C\CCCCCCCC(=O)OCC(COC(=O)CCCCCCC/C=C\C/C=C\CCCCC)(COC(=O)CCCCCCC/C=C\C/C=C\CCCCC)NC(=O)CN1CCN(C)CC1. The minimum atomic E-state index is -1.43. The Kier molecular flexibility index (Phi) is 48.3. The summed E-state index contributed by atoms with van der Waals surface area (Å²) in [5, 5.41) is 3.07. The number of rotatable bonds is 51. The largest absolute Gasteiger partial charge is 0.463 e. The van der Waals surface area contributed by atoms with Crippen molar-refractivity contribution in [1.82, 2.24) is 15.1 Å². The van der Waals surface area contributed by atoms with Gasteiger partial charge in [-0.2, -0.15) is 0 Å². The van der Waals surface area contributed by atoms with Crippen molar-refractivity contribution in [2.75, 3.05) is 59.6 Å². The highest BCUT2D eigenvalue weighted by Gasteiger charge is 2.38. The molecule has 0 aromatic rings. The average molecular weight is 1050 g/mol. The molecule has 1 heterocycles. The van der Waals surface area contributed by atoms with E-state index >= 15 is 0 Å². The van der Waals surface area contributed by atoms with Crippen LogP contribution < -0.4 is 5.32 Å². The Morgan fingerprint density at radius 3 is 0.973 bits per heavy atom. The highest BCUT2D eigenvalue weighted by atomic mass is 16.6. The number of carbonyl (C=O) groups is 4. The highest BCUT2D eigenvalue weighted by molar-refractivity contribution is 5.79. The molecule has 1 rings (SSSR count). The maximum absolute atomic E-state index is 13.8. The van der Waals surface area contributed by atoms with Gasteiger partial charge in [-0.1, -0.05) is 190 Å². The first kappa shape index (κ1) is 69.3. The van der Waals surface area contributed by atoms with E-state index in [1.165, 1.54) is 77.0 Å². The van der Waals surface area contributed by atoms with Crippen LogP contribution in [0.1, 0.15) is 252 Å². The monoisotopic (exact) mass is 1050 g/mol. The molecule has 1 amide bonds. The zero-order valence-electron chi connectivity index (χ0n) is 48.8. The number of nitrogens with one attached hydrogen (secondary N) is 1. The minimum Gasteiger partial charge on any atom is -0.463 e. The number of piperazine rings is 1. The third-order valence-electron chi connectivity index (χ3n) is 13.9. The second-order valence-electron chi connectivity index (χ2n) is 21.3. The Balaban J connectivity index is 2.81. The van der Waals surface area contributed by atoms with Gasteiger partial charge in [0.05, 0.1) is 6.54 Å². The van der Waals surface area contributed by atoms with Gasteiger partial charge in [0.15, 0.2) is 0 Å². The molecule has 0 aliphatic carbocycles. The highest BCUT2D eigenvalue weighted by Crippen LogP contribution is 2.17. The van der Waals surface area contributed by atoms with E-state index in [0.717, 1.165) is 142 Å². The molecule has 1 fully saturated rings. The van der Waals surface area contributed by atoms with E-state index in [-0.39, 0.29) is 69.4 Å². The summed E-state index contributed by atoms with van der Waals surface area (Å²) in [6.45, 7) is 9.21. The number of amides is 1. The molecular formula is C65H113N3O7. The Morgan fingerprint density at radius 1 is 0.387 bits per heavy atom. The van der Waals surface area contributed by atoms with Gasteiger partial charge >= 0.3 is 17.9 Å². The quantitative estimate of drug-likeness (QED) is 0.0275. The number of esters is 3. The van der Waals surface area contributed by atoms with Crippen LogP contribution in [0.25, 0.3) is 0 Å². The first-order valence-corrected chi connectivity index (χ1v) is 30.8. The second kappa shape index (κ2) is 52.3. The van der Waals surface area contributed by atoms with Crippen molar-refractivity contribution in [2.24, 2.45) is 0 Å². The Bertz CT molecular complexity index is 1410. The van der Waals surface area contributed by atoms with Gasteiger partial charge in [0, 0.05) is 45.4 Å². The maximum atomic E-state index is 13.8. The lowest BCUT2D eigenvalue weighted by Crippen LogP contribution is -2.61. The summed E-state index contributed by atoms with van der Waals surface area (Å²) in [7, 11) is 2.07. The Morgan fingerprint density at radius 2 is 0.667 bits per heavy atom. The van der Waals surface area contributed by atoms with Crippen LogP contribution in [0, 0.1) is 0 Å². The number of unbranched alkanes of at least 4 members (excludes halogenated alkanes) is 24. The minimum absolute atomic E-state index is 0.134. The van der Waals surface area contributed by atoms with Gasteiger partial charge in [0.25, 0.3) is 0 Å². The van der Waals surface area contributed by atoms with E-state index in [4.69, 9.17) is 14.2 Å². The number of nitrogens with zero attached hydrogens (tertiary/aromatic N) is 2. The van der Waals surface area contributed by atoms with Gasteiger partial charge < -0.3 is 24.4 Å². The molecule has 430 valence electrons. The van der Waals surface area contributed by atoms with Gasteiger partial charge in [-0.05, 0) is 123 Å². The molecule has 1 N–H and O–H groups in total. The standard InChI is InChI=1S/C65H113N3O7/c1-5-8-11-14-17-20-23-26-29-32-35-38-41-44-47-50-62(70)73-58-65(66-61(69)57-68-55-53-67(4)54-56-68,59-74-63(71)51-48-45-42-39-36-33-30-27-24-21-18-15-12-9-6-2)60-75-64(72)52-49-46-43-40-37-34-31-28-25-22-19-16-13-10-7-3/h17-22,26-31H,5-16,23-25,32-60H2,1-4H3,(H,66,69)/b20-17-,21-18-,22-19-,29-26-,30-27-,31-28-. The van der Waals surface area contributed by atoms with Crippen LogP contribution in [0.3, 0.4) is 0 Å². The van der Waals surface area contributed by atoms with Crippen LogP contribution in [0.15, 0.2) is 72.9 Å². The molecule has 0 aromatic heterocycles. The maximum Gasteiger partial charge on any atom is 0.305 e. The third-order valence-corrected chi connectivity index (χ3v) is 13.9. The van der Waals surface area contributed by atoms with E-state index in [1.807, 2.05) is 0 Å². The number of hydrogen-bond donors (Lipinski definition) is 1. The summed E-state index contributed by atoms with van der Waals surface area (Å²) in [4.78, 5) is 58.0. The van der Waals surface area contributed by atoms with Crippen molar-refractivity contribution >= 4 is 23.8 Å². The van der Waals surface area contributed by atoms with Crippen molar-refractivity contribution in [1.29, 1.82) is 0 Å². The molecule has 0 unspecified atom stereocenters. The number of ether oxygens (including phenoxy) is 3. The zero-order valence-corrected chi connectivity index (χ0v) is 48.8. The molecule has 10 heteroatoms. The molecule has 0 bridgehead atoms. The fourth-order valence-corrected chi connectivity index (χ4v) is 8.89. The van der Waals surface area contributed by atoms with Crippen LogP contribution >= 0.6 is 0 Å². The normalized spacial score (nSPS) is 14.0. The predicted octanol–water partition coefficient (Wildman–Crippen LogP) is 16.2. The zero-order chi connectivity index (χ0) is 54.4. The van der Waals surface area contributed by atoms with Crippen molar-refractivity contribution < 1.29 is 33.4 Å². The molecule has 0 spiro atoms. The molecule has 75 heavy (non-hydrogen) atoms. The summed E-state index contributed by atoms with van der Waals surface area (Å²) in [6, 6.07) is 0. The fourth-order valence-electron chi connectivity index (χ4n) is 8.89. The Labute approximate surface area is 460 Å². The molecule has 1 aliphatic heterocycles. The van der Waals surface area contributed by atoms with E-state index in [2.05, 4.69) is 116 Å². The second-order valence-corrected chi connectivity index (χ2v) is 21.3. The van der Waals surface area contributed by atoms with E-state index in [1.54, 1.807) is 0 Å². The van der Waals surface area contributed by atoms with Crippen molar-refractivity contribution in [3.05, 3.63) is 72.9 Å². The van der Waals surface area contributed by atoms with Gasteiger partial charge in [0.1, 0.15) is 25.4 Å². The smallest absolute Gasteiger partial charge is 0.305 e. The van der Waals surface area contributed by atoms with Crippen molar-refractivity contribution in [3.8, 4) is 0 Å². The van der Waals surface area contributed by atoms with Crippen molar-refractivity contribution in [2.45, 2.75) is 257 Å². The van der Waals surface area contributed by atoms with Gasteiger partial charge in [0.2, 0.25) is 5.91 Å². The number of carbonyl (C=O) groups excluding carboxylic acids is 4. The molecular weight excluding hydrogens is 935 g/mol. The van der Waals surface area contributed by atoms with Gasteiger partial charge in [-0.15, -0.1) is 0 Å². The summed E-state index contributed by atoms with van der Waals surface area (Å²) >= 11 is 0. The molecule has 0 aromatic carbocycles. The van der Waals surface area contributed by atoms with E-state index in [0.29, 0.717) is 19.3 Å². The van der Waals surface area contributed by atoms with Crippen LogP contribution in [0.2, 0.25) is 0 Å². The lowest BCUT2D eigenvalue weighted by molar-refractivity contribution is -0.159. The van der Waals surface area contributed by atoms with Gasteiger partial charge in [-0.25, -0.2) is 0 Å². The predicted molar refractivity (Wildman–Crippen MR) is 316 cm³/mol. The van der Waals surface area contributed by atoms with Crippen LogP contribution in [-0.2, 0) is 33.4 Å². The lowest BCUT2D eigenvalue weighted by Gasteiger charge is -2.35. The molecule has 0 radical (unpaired) electrons. The fraction of sp³-hybridized carbons (Fsp3) is 0.754. The van der Waals surface area contributed by atoms with Gasteiger partial charge in [-0.3, -0.25) is 24.1 Å². The number of likely N-dealkylation sites (N-methyl/N-ethyl adjacent to an activating group) is 1. The number of hydrogen-bond acceptors (Lipinski definition) is 9. The molecule has 0 atom stereocenters. The summed E-state index contributed by atoms with van der Waals surface area (Å²) in [6.07, 6.45) is 63.8. The van der Waals surface area contributed by atoms with Crippen molar-refractivity contribution in [3.63, 3.8) is 0 Å². The van der Waals surface area contributed by atoms with E-state index in [9.17, 15) is 19.2 Å². The third kappa shape index (κ3) is 46.1. The molecule has 0 saturated carbocycles. The molecule has 1 saturated heterocycles. The first-order chi connectivity index (χ1) is 36.7. The average Bonchev–Trinajstić information content (AvgIpc) is 3.40. The first-order valence-electron chi connectivity index (χ1n) is 30.8. The van der Waals surface area contributed by atoms with Crippen LogP contribution in [-0.4, -0.2) is 98.7 Å². The lowest BCUT2D eigenvalue weighted by atomic mass is 10.0. The summed E-state index contributed by atoms with van der Waals surface area (Å²) in [5.74, 6) is -1.44. The summed E-state index contributed by atoms with van der Waals surface area (Å²) in [5.41, 5.74) is -1.43. The molecule has 1 aliphatic rings. The number of allylic oxidation sites excluding steroid dienone is 12. The topological polar surface area (TPSA) is 114 Å². The summed E-state index contributed by atoms with van der Waals surface area (Å²) < 4.78 is 17.7. The Hall–Kier alpha value is -3.76. The van der Waals surface area contributed by atoms with Crippen LogP contribution in [0.4, 0.5) is 0 Å². The molecule has 10 nitrogen and oxygen atoms in total. The van der Waals surface area contributed by atoms with E-state index < -0.39 is 5.54 Å². The van der Waals surface area contributed by atoms with Crippen LogP contribution in [0.5, 0.6) is 0 Å².